The van der Waals surface area contributed by atoms with Gasteiger partial charge in [-0.2, -0.15) is 0 Å². The second kappa shape index (κ2) is 15.9. The first-order chi connectivity index (χ1) is 7.11. The topological polar surface area (TPSA) is 13.0 Å². The van der Waals surface area contributed by atoms with E-state index in [0.29, 0.717) is 12.3 Å². The van der Waals surface area contributed by atoms with Gasteiger partial charge in [0.1, 0.15) is 0 Å². The molecule has 0 aliphatic rings. The lowest BCUT2D eigenvalue weighted by Gasteiger charge is -2.26. The molecule has 19 heavy (non-hydrogen) atoms. The molecule has 0 fully saturated rings. The van der Waals surface area contributed by atoms with Crippen molar-refractivity contribution in [2.24, 2.45) is 0 Å². The molecule has 0 rings (SSSR count). The molecule has 4 nitrogen and oxygen atoms in total. The summed E-state index contributed by atoms with van der Waals surface area (Å²) in [4.78, 5) is 8.67. The molecule has 0 aromatic rings. The second-order valence-electron chi connectivity index (χ2n) is 5.12. The van der Waals surface area contributed by atoms with Gasteiger partial charge in [0, 0.05) is 0 Å². The highest BCUT2D eigenvalue weighted by atomic mass is 15.3. The molecular formula is C15H44N4. The van der Waals surface area contributed by atoms with Gasteiger partial charge in [-0.1, -0.05) is 22.3 Å². The summed E-state index contributed by atoms with van der Waals surface area (Å²) in [5.74, 6) is 0. The number of hydrogen-bond donors (Lipinski definition) is 0. The van der Waals surface area contributed by atoms with Gasteiger partial charge in [-0.15, -0.1) is 0 Å². The Balaban J connectivity index is -0.0000000594. The van der Waals surface area contributed by atoms with Gasteiger partial charge in [0.15, 0.2) is 0 Å². The zero-order valence-corrected chi connectivity index (χ0v) is 12.9. The highest BCUT2D eigenvalue weighted by molar-refractivity contribution is 4.53. The third-order valence-corrected chi connectivity index (χ3v) is 2.99. The lowest BCUT2D eigenvalue weighted by Crippen LogP contribution is -2.37. The van der Waals surface area contributed by atoms with E-state index >= 15 is 0 Å². The molecule has 0 unspecified atom stereocenters. The predicted molar refractivity (Wildman–Crippen MR) is 93.9 cm³/mol. The van der Waals surface area contributed by atoms with E-state index in [1.54, 1.807) is 0 Å². The van der Waals surface area contributed by atoms with Gasteiger partial charge >= 0.3 is 0 Å². The normalized spacial score (nSPS) is 10.1. The molecule has 0 bridgehead atoms. The van der Waals surface area contributed by atoms with E-state index in [1.165, 1.54) is 0 Å². The van der Waals surface area contributed by atoms with Crippen molar-refractivity contribution in [1.82, 2.24) is 19.6 Å². The summed E-state index contributed by atoms with van der Waals surface area (Å²) in [7, 11) is 16.6. The summed E-state index contributed by atoms with van der Waals surface area (Å²) < 4.78 is 0. The fourth-order valence-electron chi connectivity index (χ4n) is 0.924. The molecule has 0 heterocycles. The Labute approximate surface area is 125 Å². The van der Waals surface area contributed by atoms with Crippen LogP contribution in [0.3, 0.4) is 0 Å². The van der Waals surface area contributed by atoms with Gasteiger partial charge in [0.25, 0.3) is 0 Å². The van der Waals surface area contributed by atoms with Crippen LogP contribution in [0.5, 0.6) is 0 Å². The van der Waals surface area contributed by atoms with Gasteiger partial charge in [-0.05, 0) is 70.2 Å². The summed E-state index contributed by atoms with van der Waals surface area (Å²) in [5, 5.41) is 0. The Morgan fingerprint density at radius 1 is 0.421 bits per heavy atom. The molecule has 0 saturated carbocycles. The van der Waals surface area contributed by atoms with Crippen LogP contribution in [-0.4, -0.2) is 88.3 Å². The van der Waals surface area contributed by atoms with Crippen molar-refractivity contribution in [1.29, 1.82) is 0 Å². The van der Waals surface area contributed by atoms with Crippen molar-refractivity contribution in [2.45, 2.75) is 48.5 Å². The average molecular weight is 281 g/mol. The molecule has 0 N–H and O–H groups in total. The van der Waals surface area contributed by atoms with E-state index < -0.39 is 0 Å². The van der Waals surface area contributed by atoms with Crippen molar-refractivity contribution in [3.63, 3.8) is 0 Å². The molecule has 0 spiro atoms. The zero-order valence-electron chi connectivity index (χ0n) is 12.9. The second-order valence-corrected chi connectivity index (χ2v) is 5.12. The van der Waals surface area contributed by atoms with E-state index in [-0.39, 0.29) is 22.3 Å². The maximum absolute atomic E-state index is 2.17. The Morgan fingerprint density at radius 2 is 0.526 bits per heavy atom. The van der Waals surface area contributed by atoms with Gasteiger partial charge in [0.05, 0.1) is 12.3 Å². The van der Waals surface area contributed by atoms with Crippen molar-refractivity contribution in [3.05, 3.63) is 0 Å². The number of rotatable bonds is 4. The fourth-order valence-corrected chi connectivity index (χ4v) is 0.924. The van der Waals surface area contributed by atoms with Crippen LogP contribution in [0.1, 0.15) is 36.1 Å². The summed E-state index contributed by atoms with van der Waals surface area (Å²) in [6, 6.07) is 0. The van der Waals surface area contributed by atoms with Crippen LogP contribution in [0, 0.1) is 0 Å². The highest BCUT2D eigenvalue weighted by Gasteiger charge is 2.04. The van der Waals surface area contributed by atoms with Crippen LogP contribution in [-0.2, 0) is 0 Å². The minimum absolute atomic E-state index is 0. The van der Waals surface area contributed by atoms with Crippen molar-refractivity contribution < 1.29 is 0 Å². The summed E-state index contributed by atoms with van der Waals surface area (Å²) in [6.45, 7) is 4.33. The largest absolute Gasteiger partial charge is 0.294 e. The van der Waals surface area contributed by atoms with Crippen LogP contribution in [0.15, 0.2) is 0 Å². The number of nitrogens with zero attached hydrogens (tertiary/aromatic N) is 4. The maximum atomic E-state index is 2.17. The van der Waals surface area contributed by atoms with E-state index in [9.17, 15) is 0 Å². The van der Waals surface area contributed by atoms with Gasteiger partial charge in [-0.25, -0.2) is 0 Å². The lowest BCUT2D eigenvalue weighted by atomic mass is 10.5. The van der Waals surface area contributed by atoms with Crippen LogP contribution in [0.4, 0.5) is 0 Å². The van der Waals surface area contributed by atoms with E-state index in [1.807, 2.05) is 0 Å². The van der Waals surface area contributed by atoms with Gasteiger partial charge in [0.2, 0.25) is 0 Å². The van der Waals surface area contributed by atoms with Crippen molar-refractivity contribution in [3.8, 4) is 0 Å². The van der Waals surface area contributed by atoms with E-state index in [0.717, 1.165) is 0 Å². The standard InChI is InChI=1S/2C6H16N2.3CH4/c2*1-6(7(2)3)8(4)5;;;/h2*6H,1-5H3;3*1H4. The molecule has 0 aromatic heterocycles. The molecule has 0 amide bonds. The Morgan fingerprint density at radius 3 is 0.526 bits per heavy atom. The Bertz CT molecular complexity index is 122. The molecule has 0 radical (unpaired) electrons. The van der Waals surface area contributed by atoms with E-state index in [4.69, 9.17) is 0 Å². The minimum atomic E-state index is 0. The van der Waals surface area contributed by atoms with Crippen LogP contribution in [0.2, 0.25) is 0 Å². The molecule has 0 atom stereocenters. The smallest absolute Gasteiger partial charge is 0.0583 e. The fraction of sp³-hybridized carbons (Fsp3) is 1.00. The predicted octanol–water partition coefficient (Wildman–Crippen LogP) is 2.82. The van der Waals surface area contributed by atoms with E-state index in [2.05, 4.69) is 89.8 Å². The third-order valence-electron chi connectivity index (χ3n) is 2.99. The molecule has 0 aliphatic heterocycles. The first kappa shape index (κ1) is 31.3. The molecule has 0 aliphatic carbocycles. The molecule has 0 saturated heterocycles. The number of hydrogen-bond acceptors (Lipinski definition) is 4. The first-order valence-corrected chi connectivity index (χ1v) is 5.77. The summed E-state index contributed by atoms with van der Waals surface area (Å²) in [6.07, 6.45) is 1.07. The molecule has 124 valence electrons. The quantitative estimate of drug-likeness (QED) is 0.734. The summed E-state index contributed by atoms with van der Waals surface area (Å²) in [5.41, 5.74) is 0. The van der Waals surface area contributed by atoms with Crippen LogP contribution in [0.25, 0.3) is 0 Å². The highest BCUT2D eigenvalue weighted by Crippen LogP contribution is 1.92. The zero-order chi connectivity index (χ0) is 13.5. The molecule has 4 heteroatoms. The molecule has 0 aromatic carbocycles. The maximum Gasteiger partial charge on any atom is 0.0583 e. The SMILES string of the molecule is C.C.C.CC(N(C)C)N(C)C.CC(N(C)C)N(C)C. The van der Waals surface area contributed by atoms with Crippen molar-refractivity contribution >= 4 is 0 Å². The minimum Gasteiger partial charge on any atom is -0.294 e. The van der Waals surface area contributed by atoms with Crippen LogP contribution >= 0.6 is 0 Å². The van der Waals surface area contributed by atoms with Gasteiger partial charge < -0.3 is 0 Å². The van der Waals surface area contributed by atoms with Crippen molar-refractivity contribution in [2.75, 3.05) is 56.4 Å². The van der Waals surface area contributed by atoms with Gasteiger partial charge in [-0.3, -0.25) is 19.6 Å². The lowest BCUT2D eigenvalue weighted by molar-refractivity contribution is 0.147. The monoisotopic (exact) mass is 280 g/mol. The Kier molecular flexibility index (Phi) is 26.2. The Hall–Kier alpha value is -0.160. The average Bonchev–Trinajstić information content (AvgIpc) is 2.15. The summed E-state index contributed by atoms with van der Waals surface area (Å²) >= 11 is 0. The third kappa shape index (κ3) is 17.8. The molecular weight excluding hydrogens is 236 g/mol. The first-order valence-electron chi connectivity index (χ1n) is 5.77. The van der Waals surface area contributed by atoms with Crippen LogP contribution < -0.4 is 0 Å².